The third-order valence-corrected chi connectivity index (χ3v) is 2.82. The summed E-state index contributed by atoms with van der Waals surface area (Å²) < 4.78 is 1.73. The average Bonchev–Trinajstić information content (AvgIpc) is 2.81. The molecule has 0 unspecified atom stereocenters. The number of nitrogens with one attached hydrogen (secondary N) is 1. The van der Waals surface area contributed by atoms with E-state index in [1.54, 1.807) is 16.8 Å². The number of rotatable bonds is 4. The Labute approximate surface area is 112 Å². The Hall–Kier alpha value is -2.24. The molecule has 0 aromatic carbocycles. The lowest BCUT2D eigenvalue weighted by Gasteiger charge is -2.07. The zero-order chi connectivity index (χ0) is 14.0. The predicted octanol–water partition coefficient (Wildman–Crippen LogP) is 1.38. The molecule has 0 amide bonds. The minimum absolute atomic E-state index is 0.0284. The van der Waals surface area contributed by atoms with Gasteiger partial charge in [0.05, 0.1) is 0 Å². The fourth-order valence-corrected chi connectivity index (χ4v) is 1.87. The second-order valence-electron chi connectivity index (χ2n) is 4.33. The van der Waals surface area contributed by atoms with Crippen LogP contribution in [0.15, 0.2) is 12.1 Å². The van der Waals surface area contributed by atoms with Crippen molar-refractivity contribution >= 4 is 5.84 Å². The lowest BCUT2D eigenvalue weighted by atomic mass is 10.2. The molecule has 0 atom stereocenters. The molecule has 0 saturated carbocycles. The van der Waals surface area contributed by atoms with Crippen LogP contribution in [0.2, 0.25) is 0 Å². The lowest BCUT2D eigenvalue weighted by Crippen LogP contribution is -2.14. The maximum Gasteiger partial charge on any atom is 0.156 e. The summed E-state index contributed by atoms with van der Waals surface area (Å²) in [7, 11) is 0. The highest BCUT2D eigenvalue weighted by Gasteiger charge is 2.12. The number of amidine groups is 1. The summed E-state index contributed by atoms with van der Waals surface area (Å²) in [6.07, 6.45) is 1.56. The van der Waals surface area contributed by atoms with Crippen molar-refractivity contribution in [3.63, 3.8) is 0 Å². The van der Waals surface area contributed by atoms with Crippen LogP contribution in [0.25, 0.3) is 5.82 Å². The molecule has 19 heavy (non-hydrogen) atoms. The lowest BCUT2D eigenvalue weighted by molar-refractivity contribution is 0.765. The standard InChI is InChI=1S/C13H18N6/c1-4-10-17-11(5-2)19(18-10)12-7-9(13(14)15)6-8(3)16-12/h6-7H,4-5H2,1-3H3,(H3,14,15). The highest BCUT2D eigenvalue weighted by Crippen LogP contribution is 2.12. The molecule has 6 nitrogen and oxygen atoms in total. The fourth-order valence-electron chi connectivity index (χ4n) is 1.87. The molecule has 0 bridgehead atoms. The molecule has 0 aliphatic rings. The Bertz CT molecular complexity index is 614. The van der Waals surface area contributed by atoms with Crippen LogP contribution in [0.4, 0.5) is 0 Å². The van der Waals surface area contributed by atoms with Crippen LogP contribution < -0.4 is 5.73 Å². The largest absolute Gasteiger partial charge is 0.384 e. The van der Waals surface area contributed by atoms with Crippen molar-refractivity contribution in [2.45, 2.75) is 33.6 Å². The zero-order valence-electron chi connectivity index (χ0n) is 11.4. The Balaban J connectivity index is 2.57. The molecule has 3 N–H and O–H groups in total. The molecule has 2 aromatic heterocycles. The molecule has 0 radical (unpaired) electrons. The van der Waals surface area contributed by atoms with E-state index in [0.29, 0.717) is 11.4 Å². The van der Waals surface area contributed by atoms with Crippen LogP contribution in [0.5, 0.6) is 0 Å². The van der Waals surface area contributed by atoms with E-state index in [1.165, 1.54) is 0 Å². The molecule has 0 saturated heterocycles. The van der Waals surface area contributed by atoms with E-state index in [0.717, 1.165) is 30.2 Å². The SMILES string of the molecule is CCc1nc(CC)n(-c2cc(C(=N)N)cc(C)n2)n1. The highest BCUT2D eigenvalue weighted by atomic mass is 15.4. The summed E-state index contributed by atoms with van der Waals surface area (Å²) >= 11 is 0. The predicted molar refractivity (Wildman–Crippen MR) is 73.7 cm³/mol. The van der Waals surface area contributed by atoms with Gasteiger partial charge < -0.3 is 5.73 Å². The topological polar surface area (TPSA) is 93.5 Å². The first-order valence-corrected chi connectivity index (χ1v) is 6.33. The Kier molecular flexibility index (Phi) is 3.59. The van der Waals surface area contributed by atoms with Gasteiger partial charge in [0.25, 0.3) is 0 Å². The maximum atomic E-state index is 7.54. The molecule has 2 heterocycles. The van der Waals surface area contributed by atoms with E-state index in [4.69, 9.17) is 11.1 Å². The molecule has 100 valence electrons. The van der Waals surface area contributed by atoms with Crippen molar-refractivity contribution in [2.75, 3.05) is 0 Å². The number of nitrogen functional groups attached to an aromatic ring is 1. The number of pyridine rings is 1. The van der Waals surface area contributed by atoms with E-state index in [-0.39, 0.29) is 5.84 Å². The molecule has 0 fully saturated rings. The van der Waals surface area contributed by atoms with Gasteiger partial charge in [-0.25, -0.2) is 9.97 Å². The molecular formula is C13H18N6. The van der Waals surface area contributed by atoms with Gasteiger partial charge in [-0.3, -0.25) is 5.41 Å². The van der Waals surface area contributed by atoms with Crippen molar-refractivity contribution in [2.24, 2.45) is 5.73 Å². The van der Waals surface area contributed by atoms with Crippen LogP contribution >= 0.6 is 0 Å². The van der Waals surface area contributed by atoms with Crippen molar-refractivity contribution < 1.29 is 0 Å². The van der Waals surface area contributed by atoms with Gasteiger partial charge in [0.15, 0.2) is 11.6 Å². The minimum Gasteiger partial charge on any atom is -0.384 e. The van der Waals surface area contributed by atoms with Crippen molar-refractivity contribution in [1.29, 1.82) is 5.41 Å². The average molecular weight is 258 g/mol. The van der Waals surface area contributed by atoms with Crippen molar-refractivity contribution in [3.05, 3.63) is 35.0 Å². The molecule has 0 aliphatic carbocycles. The molecule has 6 heteroatoms. The van der Waals surface area contributed by atoms with Crippen molar-refractivity contribution in [3.8, 4) is 5.82 Å². The zero-order valence-corrected chi connectivity index (χ0v) is 11.4. The third kappa shape index (κ3) is 2.62. The molecule has 2 aromatic rings. The van der Waals surface area contributed by atoms with E-state index in [2.05, 4.69) is 15.1 Å². The minimum atomic E-state index is 0.0284. The summed E-state index contributed by atoms with van der Waals surface area (Å²) in [6, 6.07) is 3.55. The van der Waals surface area contributed by atoms with Crippen LogP contribution in [0, 0.1) is 12.3 Å². The number of hydrogen-bond donors (Lipinski definition) is 2. The van der Waals surface area contributed by atoms with Crippen LogP contribution in [-0.4, -0.2) is 25.6 Å². The Morgan fingerprint density at radius 2 is 2.00 bits per heavy atom. The van der Waals surface area contributed by atoms with E-state index in [1.807, 2.05) is 20.8 Å². The maximum absolute atomic E-state index is 7.54. The molecule has 2 rings (SSSR count). The van der Waals surface area contributed by atoms with E-state index in [9.17, 15) is 0 Å². The molecular weight excluding hydrogens is 240 g/mol. The summed E-state index contributed by atoms with van der Waals surface area (Å²) in [6.45, 7) is 5.92. The number of hydrogen-bond acceptors (Lipinski definition) is 4. The monoisotopic (exact) mass is 258 g/mol. The van der Waals surface area contributed by atoms with Gasteiger partial charge in [-0.05, 0) is 19.1 Å². The Morgan fingerprint density at radius 1 is 1.26 bits per heavy atom. The quantitative estimate of drug-likeness (QED) is 0.640. The van der Waals surface area contributed by atoms with Gasteiger partial charge in [0.1, 0.15) is 11.7 Å². The van der Waals surface area contributed by atoms with Gasteiger partial charge >= 0.3 is 0 Å². The fraction of sp³-hybridized carbons (Fsp3) is 0.385. The van der Waals surface area contributed by atoms with Crippen LogP contribution in [0.1, 0.15) is 36.8 Å². The second kappa shape index (κ2) is 5.17. The van der Waals surface area contributed by atoms with E-state index < -0.39 is 0 Å². The number of aryl methyl sites for hydroxylation is 3. The smallest absolute Gasteiger partial charge is 0.156 e. The van der Waals surface area contributed by atoms with Gasteiger partial charge in [0.2, 0.25) is 0 Å². The second-order valence-corrected chi connectivity index (χ2v) is 4.33. The van der Waals surface area contributed by atoms with Gasteiger partial charge in [-0.1, -0.05) is 13.8 Å². The first kappa shape index (κ1) is 13.2. The first-order chi connectivity index (χ1) is 9.05. The van der Waals surface area contributed by atoms with Crippen LogP contribution in [0.3, 0.4) is 0 Å². The van der Waals surface area contributed by atoms with Gasteiger partial charge in [-0.15, -0.1) is 5.10 Å². The molecule has 0 aliphatic heterocycles. The van der Waals surface area contributed by atoms with Crippen molar-refractivity contribution in [1.82, 2.24) is 19.7 Å². The van der Waals surface area contributed by atoms with Gasteiger partial charge in [0, 0.05) is 24.1 Å². The summed E-state index contributed by atoms with van der Waals surface area (Å²) in [5.74, 6) is 2.35. The number of nitrogens with two attached hydrogens (primary N) is 1. The Morgan fingerprint density at radius 3 is 2.58 bits per heavy atom. The normalized spacial score (nSPS) is 10.7. The summed E-state index contributed by atoms with van der Waals surface area (Å²) in [5.41, 5.74) is 7.00. The highest BCUT2D eigenvalue weighted by molar-refractivity contribution is 5.95. The molecule has 0 spiro atoms. The summed E-state index contributed by atoms with van der Waals surface area (Å²) in [4.78, 5) is 8.91. The van der Waals surface area contributed by atoms with Crippen LogP contribution in [-0.2, 0) is 12.8 Å². The van der Waals surface area contributed by atoms with Gasteiger partial charge in [-0.2, -0.15) is 4.68 Å². The third-order valence-electron chi connectivity index (χ3n) is 2.82. The first-order valence-electron chi connectivity index (χ1n) is 6.33. The van der Waals surface area contributed by atoms with E-state index >= 15 is 0 Å². The number of nitrogens with zero attached hydrogens (tertiary/aromatic N) is 4. The number of aromatic nitrogens is 4. The summed E-state index contributed by atoms with van der Waals surface area (Å²) in [5, 5.41) is 12.0.